The number of amides is 1. The standard InChI is InChI=1S/C13H16ClNO3S/c14-11-3-2-10(19-11)13(18)15-7-5-9(6-8-15)1-4-12(16)17/h2-3,9H,1,4-8H2,(H,16,17). The number of likely N-dealkylation sites (tertiary alicyclic amines) is 1. The molecule has 0 saturated carbocycles. The number of halogens is 1. The third-order valence-corrected chi connectivity index (χ3v) is 4.67. The van der Waals surface area contributed by atoms with Crippen LogP contribution in [0.3, 0.4) is 0 Å². The summed E-state index contributed by atoms with van der Waals surface area (Å²) in [7, 11) is 0. The maximum Gasteiger partial charge on any atom is 0.303 e. The molecule has 0 spiro atoms. The minimum absolute atomic E-state index is 0.0357. The van der Waals surface area contributed by atoms with Crippen LogP contribution in [0.5, 0.6) is 0 Å². The van der Waals surface area contributed by atoms with E-state index in [1.165, 1.54) is 11.3 Å². The lowest BCUT2D eigenvalue weighted by molar-refractivity contribution is -0.137. The van der Waals surface area contributed by atoms with Crippen LogP contribution in [-0.4, -0.2) is 35.0 Å². The molecule has 1 aromatic rings. The molecule has 0 radical (unpaired) electrons. The molecule has 0 bridgehead atoms. The fourth-order valence-electron chi connectivity index (χ4n) is 2.34. The normalized spacial score (nSPS) is 16.6. The van der Waals surface area contributed by atoms with Crippen molar-refractivity contribution in [3.8, 4) is 0 Å². The van der Waals surface area contributed by atoms with Gasteiger partial charge in [-0.2, -0.15) is 0 Å². The summed E-state index contributed by atoms with van der Waals surface area (Å²) in [6, 6.07) is 3.49. The van der Waals surface area contributed by atoms with Gasteiger partial charge in [0.1, 0.15) is 0 Å². The molecule has 1 saturated heterocycles. The van der Waals surface area contributed by atoms with E-state index in [9.17, 15) is 9.59 Å². The lowest BCUT2D eigenvalue weighted by Gasteiger charge is -2.31. The van der Waals surface area contributed by atoms with Crippen molar-refractivity contribution in [3.05, 3.63) is 21.3 Å². The number of thiophene rings is 1. The number of nitrogens with zero attached hydrogens (tertiary/aromatic N) is 1. The zero-order valence-electron chi connectivity index (χ0n) is 10.5. The van der Waals surface area contributed by atoms with Crippen molar-refractivity contribution in [3.63, 3.8) is 0 Å². The molecule has 19 heavy (non-hydrogen) atoms. The first-order chi connectivity index (χ1) is 9.06. The molecule has 1 aliphatic heterocycles. The van der Waals surface area contributed by atoms with Crippen LogP contribution < -0.4 is 0 Å². The second-order valence-corrected chi connectivity index (χ2v) is 6.49. The molecular weight excluding hydrogens is 286 g/mol. The van der Waals surface area contributed by atoms with Gasteiger partial charge in [0.25, 0.3) is 5.91 Å². The van der Waals surface area contributed by atoms with Gasteiger partial charge in [0.05, 0.1) is 9.21 Å². The highest BCUT2D eigenvalue weighted by molar-refractivity contribution is 7.17. The van der Waals surface area contributed by atoms with Crippen molar-refractivity contribution in [1.29, 1.82) is 0 Å². The third-order valence-electron chi connectivity index (χ3n) is 3.45. The predicted octanol–water partition coefficient (Wildman–Crippen LogP) is 3.12. The van der Waals surface area contributed by atoms with Crippen LogP contribution >= 0.6 is 22.9 Å². The number of hydrogen-bond donors (Lipinski definition) is 1. The van der Waals surface area contributed by atoms with Crippen LogP contribution in [0.15, 0.2) is 12.1 Å². The summed E-state index contributed by atoms with van der Waals surface area (Å²) in [5.74, 6) is -0.285. The molecule has 0 aliphatic carbocycles. The van der Waals surface area contributed by atoms with Gasteiger partial charge in [0.2, 0.25) is 0 Å². The molecule has 1 N–H and O–H groups in total. The Kier molecular flexibility index (Phi) is 4.82. The summed E-state index contributed by atoms with van der Waals surface area (Å²) in [6.45, 7) is 1.41. The van der Waals surface area contributed by atoms with Gasteiger partial charge in [-0.3, -0.25) is 9.59 Å². The molecule has 1 aromatic heterocycles. The van der Waals surface area contributed by atoms with Gasteiger partial charge in [-0.25, -0.2) is 0 Å². The van der Waals surface area contributed by atoms with Gasteiger partial charge in [0.15, 0.2) is 0 Å². The Labute approximate surface area is 121 Å². The van der Waals surface area contributed by atoms with E-state index < -0.39 is 5.97 Å². The van der Waals surface area contributed by atoms with Crippen LogP contribution in [-0.2, 0) is 4.79 Å². The van der Waals surface area contributed by atoms with Crippen molar-refractivity contribution < 1.29 is 14.7 Å². The number of aliphatic carboxylic acids is 1. The quantitative estimate of drug-likeness (QED) is 0.929. The monoisotopic (exact) mass is 301 g/mol. The van der Waals surface area contributed by atoms with Crippen LogP contribution in [0, 0.1) is 5.92 Å². The van der Waals surface area contributed by atoms with Crippen LogP contribution in [0.4, 0.5) is 0 Å². The van der Waals surface area contributed by atoms with Crippen molar-refractivity contribution in [2.75, 3.05) is 13.1 Å². The summed E-state index contributed by atoms with van der Waals surface area (Å²) in [4.78, 5) is 25.2. The predicted molar refractivity (Wildman–Crippen MR) is 74.8 cm³/mol. The minimum atomic E-state index is -0.744. The topological polar surface area (TPSA) is 57.6 Å². The van der Waals surface area contributed by atoms with E-state index in [0.717, 1.165) is 12.8 Å². The first-order valence-corrected chi connectivity index (χ1v) is 7.52. The van der Waals surface area contributed by atoms with Gasteiger partial charge in [-0.15, -0.1) is 11.3 Å². The molecule has 2 heterocycles. The lowest BCUT2D eigenvalue weighted by atomic mass is 9.92. The molecule has 4 nitrogen and oxygen atoms in total. The number of carboxylic acids is 1. The zero-order chi connectivity index (χ0) is 13.8. The van der Waals surface area contributed by atoms with E-state index in [0.29, 0.717) is 34.6 Å². The zero-order valence-corrected chi connectivity index (χ0v) is 12.0. The highest BCUT2D eigenvalue weighted by atomic mass is 35.5. The van der Waals surface area contributed by atoms with Crippen LogP contribution in [0.2, 0.25) is 4.34 Å². The highest BCUT2D eigenvalue weighted by Crippen LogP contribution is 2.26. The Bertz CT molecular complexity index is 466. The summed E-state index contributed by atoms with van der Waals surface area (Å²) >= 11 is 7.13. The Morgan fingerprint density at radius 3 is 2.58 bits per heavy atom. The Balaban J connectivity index is 1.83. The Morgan fingerprint density at radius 2 is 2.05 bits per heavy atom. The van der Waals surface area contributed by atoms with Gasteiger partial charge in [0, 0.05) is 19.5 Å². The van der Waals surface area contributed by atoms with Crippen LogP contribution in [0.25, 0.3) is 0 Å². The SMILES string of the molecule is O=C(O)CCC1CCN(C(=O)c2ccc(Cl)s2)CC1. The van der Waals surface area contributed by atoms with Crippen LogP contribution in [0.1, 0.15) is 35.4 Å². The number of carbonyl (C=O) groups excluding carboxylic acids is 1. The average molecular weight is 302 g/mol. The summed E-state index contributed by atoms with van der Waals surface area (Å²) in [5.41, 5.74) is 0. The first-order valence-electron chi connectivity index (χ1n) is 6.32. The fraction of sp³-hybridized carbons (Fsp3) is 0.538. The Morgan fingerprint density at radius 1 is 1.37 bits per heavy atom. The largest absolute Gasteiger partial charge is 0.481 e. The molecular formula is C13H16ClNO3S. The minimum Gasteiger partial charge on any atom is -0.481 e. The van der Waals surface area contributed by atoms with E-state index in [-0.39, 0.29) is 12.3 Å². The summed E-state index contributed by atoms with van der Waals surface area (Å²) in [6.07, 6.45) is 2.71. The smallest absolute Gasteiger partial charge is 0.303 e. The number of piperidine rings is 1. The number of rotatable bonds is 4. The maximum absolute atomic E-state index is 12.2. The second kappa shape index (κ2) is 6.39. The molecule has 0 unspecified atom stereocenters. The fourth-order valence-corrected chi connectivity index (χ4v) is 3.35. The molecule has 0 aromatic carbocycles. The van der Waals surface area contributed by atoms with E-state index in [1.54, 1.807) is 12.1 Å². The number of hydrogen-bond acceptors (Lipinski definition) is 3. The third kappa shape index (κ3) is 3.94. The molecule has 0 atom stereocenters. The molecule has 2 rings (SSSR count). The highest BCUT2D eigenvalue weighted by Gasteiger charge is 2.24. The van der Waals surface area contributed by atoms with Crippen molar-refractivity contribution in [1.82, 2.24) is 4.90 Å². The number of carbonyl (C=O) groups is 2. The van der Waals surface area contributed by atoms with Crippen molar-refractivity contribution in [2.24, 2.45) is 5.92 Å². The van der Waals surface area contributed by atoms with Gasteiger partial charge in [-0.1, -0.05) is 11.6 Å². The number of carboxylic acid groups (broad SMARTS) is 1. The lowest BCUT2D eigenvalue weighted by Crippen LogP contribution is -2.38. The molecule has 6 heteroatoms. The van der Waals surface area contributed by atoms with E-state index in [2.05, 4.69) is 0 Å². The Hall–Kier alpha value is -1.07. The second-order valence-electron chi connectivity index (χ2n) is 4.77. The average Bonchev–Trinajstić information content (AvgIpc) is 2.83. The van der Waals surface area contributed by atoms with Gasteiger partial charge in [-0.05, 0) is 37.3 Å². The molecule has 1 fully saturated rings. The van der Waals surface area contributed by atoms with Crippen molar-refractivity contribution in [2.45, 2.75) is 25.7 Å². The molecule has 1 aliphatic rings. The maximum atomic E-state index is 12.2. The first kappa shape index (κ1) is 14.3. The van der Waals surface area contributed by atoms with E-state index >= 15 is 0 Å². The van der Waals surface area contributed by atoms with Crippen molar-refractivity contribution >= 4 is 34.8 Å². The summed E-state index contributed by atoms with van der Waals surface area (Å²) in [5, 5.41) is 8.66. The van der Waals surface area contributed by atoms with E-state index in [4.69, 9.17) is 16.7 Å². The molecule has 1 amide bonds. The summed E-state index contributed by atoms with van der Waals surface area (Å²) < 4.78 is 0.625. The van der Waals surface area contributed by atoms with Gasteiger partial charge < -0.3 is 10.0 Å². The molecule has 104 valence electrons. The van der Waals surface area contributed by atoms with Gasteiger partial charge >= 0.3 is 5.97 Å². The van der Waals surface area contributed by atoms with E-state index in [1.807, 2.05) is 4.90 Å².